The van der Waals surface area contributed by atoms with E-state index in [0.29, 0.717) is 50.3 Å². The number of carbonyl (C=O) groups is 6. The number of nitrogens with one attached hydrogen (secondary N) is 4. The number of hydrogen-bond donors (Lipinski definition) is 6. The van der Waals surface area contributed by atoms with Gasteiger partial charge in [0, 0.05) is 56.5 Å². The van der Waals surface area contributed by atoms with E-state index in [0.717, 1.165) is 24.8 Å². The first-order valence-electron chi connectivity index (χ1n) is 25.7. The molecule has 1 aromatic carbocycles. The largest absolute Gasteiger partial charge is 0.461 e. The van der Waals surface area contributed by atoms with E-state index in [1.165, 1.54) is 0 Å². The molecule has 3 saturated heterocycles. The number of aryl methyl sites for hydroxylation is 1. The standard InChI is InChI=1S/C34H50N6O8.C15H29N3O6.C2H6/c1-22-28(41)15-14-26(45-6)13-10-16-35-23(2)30-29(21-46-31(22)42)47-33(44)40(30)18-8-7-17-39-20-27(37-38-39)24-11-9-12-25(19-24)36-32(43)48-34(3,4)5;1-15(2,3)24-14(22)17-8-11(19)16-7-9-6-10(18(4)5)12(20)13(21)23-9;1-2/h9,11-12,19-20,22-23,26,29-30,35H,7-8,10,13-18,21H2,1-6H3,(H,36,43);9-10,12-13,20-21H,6-8H2,1-5H3,(H,16,19)(H,17,22);1-2H3/t;9-,10?,12?,13?;/m.0./s1. The molecular weight excluding hydrogens is 963 g/mol. The van der Waals surface area contributed by atoms with E-state index in [2.05, 4.69) is 31.6 Å². The molecule has 3 aliphatic heterocycles. The average Bonchev–Trinajstić information content (AvgIpc) is 3.94. The number of carbonyl (C=O) groups excluding carboxylic acids is 6. The van der Waals surface area contributed by atoms with Crippen LogP contribution >= 0.6 is 0 Å². The Bertz CT molecular complexity index is 2090. The van der Waals surface area contributed by atoms with Crippen LogP contribution in [0.1, 0.15) is 114 Å². The van der Waals surface area contributed by atoms with Crippen molar-refractivity contribution in [2.24, 2.45) is 5.92 Å². The molecule has 418 valence electrons. The van der Waals surface area contributed by atoms with E-state index in [1.807, 2.05) is 45.2 Å². The molecule has 9 atom stereocenters. The second kappa shape index (κ2) is 30.2. The number of likely N-dealkylation sites (N-methyl/N-ethyl adjacent to an activating group) is 1. The number of nitrogens with zero attached hydrogens (tertiary/aromatic N) is 5. The topological polar surface area (TPSA) is 284 Å². The smallest absolute Gasteiger partial charge is 0.412 e. The lowest BCUT2D eigenvalue weighted by Gasteiger charge is -2.40. The van der Waals surface area contributed by atoms with Crippen molar-refractivity contribution in [3.8, 4) is 11.3 Å². The first kappa shape index (κ1) is 62.8. The van der Waals surface area contributed by atoms with Gasteiger partial charge in [-0.2, -0.15) is 0 Å². The van der Waals surface area contributed by atoms with Crippen molar-refractivity contribution >= 4 is 41.6 Å². The first-order valence-corrected chi connectivity index (χ1v) is 25.7. The number of cyclic esters (lactones) is 1. The Hall–Kier alpha value is -5.46. The summed E-state index contributed by atoms with van der Waals surface area (Å²) >= 11 is 0. The van der Waals surface area contributed by atoms with Crippen molar-refractivity contribution in [2.45, 2.75) is 181 Å². The Morgan fingerprint density at radius 3 is 2.28 bits per heavy atom. The maximum absolute atomic E-state index is 13.0. The molecule has 6 N–H and O–H groups in total. The van der Waals surface area contributed by atoms with Crippen molar-refractivity contribution < 1.29 is 67.4 Å². The average molecular weight is 1050 g/mol. The van der Waals surface area contributed by atoms with Gasteiger partial charge in [0.1, 0.15) is 41.3 Å². The van der Waals surface area contributed by atoms with E-state index in [9.17, 15) is 39.0 Å². The summed E-state index contributed by atoms with van der Waals surface area (Å²) in [5.74, 6) is -2.10. The van der Waals surface area contributed by atoms with Crippen LogP contribution in [0.25, 0.3) is 11.3 Å². The summed E-state index contributed by atoms with van der Waals surface area (Å²) in [4.78, 5) is 77.3. The van der Waals surface area contributed by atoms with Gasteiger partial charge in [-0.05, 0) is 127 Å². The number of aliphatic hydroxyl groups excluding tert-OH is 2. The number of amides is 4. The number of alkyl carbamates (subject to hydrolysis) is 1. The molecule has 0 aliphatic carbocycles. The van der Waals surface area contributed by atoms with Gasteiger partial charge >= 0.3 is 24.2 Å². The highest BCUT2D eigenvalue weighted by molar-refractivity contribution is 5.98. The first-order chi connectivity index (χ1) is 34.8. The van der Waals surface area contributed by atoms with Crippen LogP contribution in [0.4, 0.5) is 20.1 Å². The highest BCUT2D eigenvalue weighted by Crippen LogP contribution is 2.26. The molecule has 4 heterocycles. The molecule has 8 unspecified atom stereocenters. The number of rotatable bonds is 13. The van der Waals surface area contributed by atoms with Crippen LogP contribution in [0.15, 0.2) is 30.5 Å². The molecule has 23 heteroatoms. The van der Waals surface area contributed by atoms with E-state index in [1.54, 1.807) is 90.2 Å². The summed E-state index contributed by atoms with van der Waals surface area (Å²) in [6.07, 6.45) is 0.968. The minimum atomic E-state index is -1.30. The number of hydrogen-bond acceptors (Lipinski definition) is 18. The monoisotopic (exact) mass is 1050 g/mol. The molecule has 5 rings (SSSR count). The van der Waals surface area contributed by atoms with Gasteiger partial charge in [-0.3, -0.25) is 29.3 Å². The molecule has 4 amide bonds. The van der Waals surface area contributed by atoms with Crippen LogP contribution in [0, 0.1) is 5.92 Å². The number of ether oxygens (including phenoxy) is 6. The quantitative estimate of drug-likeness (QED) is 0.0690. The molecule has 74 heavy (non-hydrogen) atoms. The second-order valence-corrected chi connectivity index (χ2v) is 20.6. The minimum absolute atomic E-state index is 0.0764. The predicted octanol–water partition coefficient (Wildman–Crippen LogP) is 4.63. The lowest BCUT2D eigenvalue weighted by atomic mass is 9.98. The van der Waals surface area contributed by atoms with Crippen molar-refractivity contribution in [3.63, 3.8) is 0 Å². The van der Waals surface area contributed by atoms with Crippen molar-refractivity contribution in [1.29, 1.82) is 0 Å². The number of esters is 1. The fraction of sp³-hybridized carbons (Fsp3) is 0.725. The van der Waals surface area contributed by atoms with Gasteiger partial charge in [0.05, 0.1) is 31.0 Å². The SMILES string of the molecule is CC.CN(C)C1C[C@@H](CNC(=O)CNC(=O)OC(C)(C)C)OC(O)C1O.COC1CCCNC(C)C2C(COC(=O)C(C)C(=O)CC1)OC(=O)N2CCCCn1cc(-c2cccc(NC(=O)OC(C)(C)C)c2)nn1. The number of benzene rings is 1. The van der Waals surface area contributed by atoms with Crippen LogP contribution in [0.5, 0.6) is 0 Å². The Balaban J connectivity index is 0.000000467. The zero-order valence-corrected chi connectivity index (χ0v) is 45.8. The fourth-order valence-electron chi connectivity index (χ4n) is 8.27. The summed E-state index contributed by atoms with van der Waals surface area (Å²) in [7, 11) is 5.23. The number of ketones is 1. The number of fused-ring (bicyclic) bond motifs is 1. The van der Waals surface area contributed by atoms with E-state index in [-0.39, 0.29) is 56.1 Å². The number of Topliss-reactive ketones (excluding diaryl/α,β-unsaturated/α-hetero) is 1. The highest BCUT2D eigenvalue weighted by Gasteiger charge is 2.45. The zero-order chi connectivity index (χ0) is 55.3. The van der Waals surface area contributed by atoms with Crippen LogP contribution in [-0.4, -0.2) is 185 Å². The molecule has 0 bridgehead atoms. The normalized spacial score (nSPS) is 25.0. The predicted molar refractivity (Wildman–Crippen MR) is 275 cm³/mol. The summed E-state index contributed by atoms with van der Waals surface area (Å²) in [6, 6.07) is 6.53. The van der Waals surface area contributed by atoms with Gasteiger partial charge < -0.3 is 59.5 Å². The molecule has 0 saturated carbocycles. The van der Waals surface area contributed by atoms with Crippen LogP contribution in [0.3, 0.4) is 0 Å². The molecule has 0 radical (unpaired) electrons. The number of aliphatic hydroxyl groups is 2. The van der Waals surface area contributed by atoms with Crippen molar-refractivity contribution in [1.82, 2.24) is 40.7 Å². The molecule has 1 aromatic heterocycles. The maximum atomic E-state index is 13.0. The molecule has 0 spiro atoms. The second-order valence-electron chi connectivity index (χ2n) is 20.6. The lowest BCUT2D eigenvalue weighted by Crippen LogP contribution is -2.56. The van der Waals surface area contributed by atoms with Gasteiger partial charge in [-0.25, -0.2) is 14.4 Å². The number of aromatic nitrogens is 3. The van der Waals surface area contributed by atoms with E-state index >= 15 is 0 Å². The van der Waals surface area contributed by atoms with Gasteiger partial charge in [-0.1, -0.05) is 31.2 Å². The summed E-state index contributed by atoms with van der Waals surface area (Å²) in [5.41, 5.74) is 0.804. The van der Waals surface area contributed by atoms with Crippen molar-refractivity contribution in [2.75, 3.05) is 59.3 Å². The van der Waals surface area contributed by atoms with Gasteiger partial charge in [-0.15, -0.1) is 5.10 Å². The molecule has 3 aliphatic rings. The third-order valence-electron chi connectivity index (χ3n) is 12.1. The Labute approximate surface area is 436 Å². The van der Waals surface area contributed by atoms with Crippen molar-refractivity contribution in [3.05, 3.63) is 30.5 Å². The Morgan fingerprint density at radius 2 is 1.62 bits per heavy atom. The van der Waals surface area contributed by atoms with Crippen LogP contribution < -0.4 is 21.3 Å². The number of anilines is 1. The third-order valence-corrected chi connectivity index (χ3v) is 12.1. The molecular formula is C51H85N9O14. The summed E-state index contributed by atoms with van der Waals surface area (Å²) in [5, 5.41) is 39.4. The molecule has 23 nitrogen and oxygen atoms in total. The minimum Gasteiger partial charge on any atom is -0.461 e. The maximum Gasteiger partial charge on any atom is 0.412 e. The van der Waals surface area contributed by atoms with E-state index < -0.39 is 71.9 Å². The molecule has 2 aromatic rings. The number of unbranched alkanes of at least 4 members (excludes halogenated alkanes) is 1. The fourth-order valence-corrected chi connectivity index (χ4v) is 8.27. The lowest BCUT2D eigenvalue weighted by molar-refractivity contribution is -0.232. The summed E-state index contributed by atoms with van der Waals surface area (Å²) in [6.45, 7) is 19.7. The van der Waals surface area contributed by atoms with Gasteiger partial charge in [0.2, 0.25) is 5.91 Å². The van der Waals surface area contributed by atoms with E-state index in [4.69, 9.17) is 28.4 Å². The summed E-state index contributed by atoms with van der Waals surface area (Å²) < 4.78 is 34.2. The Kier molecular flexibility index (Phi) is 25.6. The third kappa shape index (κ3) is 21.4. The highest BCUT2D eigenvalue weighted by atomic mass is 16.6. The molecule has 3 fully saturated rings. The van der Waals surface area contributed by atoms with Gasteiger partial charge in [0.25, 0.3) is 0 Å². The zero-order valence-electron chi connectivity index (χ0n) is 45.8. The van der Waals surface area contributed by atoms with Gasteiger partial charge in [0.15, 0.2) is 12.4 Å². The van der Waals surface area contributed by atoms with Crippen LogP contribution in [0.2, 0.25) is 0 Å². The number of methoxy groups -OCH3 is 1. The van der Waals surface area contributed by atoms with Crippen LogP contribution in [-0.2, 0) is 49.3 Å². The Morgan fingerprint density at radius 1 is 0.946 bits per heavy atom.